The van der Waals surface area contributed by atoms with Crippen LogP contribution in [0.3, 0.4) is 0 Å². The van der Waals surface area contributed by atoms with Crippen LogP contribution in [0.4, 0.5) is 0 Å². The topological polar surface area (TPSA) is 83.3 Å². The number of aliphatic hydroxyl groups is 1. The van der Waals surface area contributed by atoms with Crippen LogP contribution in [0.25, 0.3) is 11.1 Å². The molecule has 0 radical (unpaired) electrons. The van der Waals surface area contributed by atoms with Crippen LogP contribution < -0.4 is 5.76 Å². The largest absolute Gasteiger partial charge is 0.417 e. The molecule has 1 heterocycles. The zero-order valence-corrected chi connectivity index (χ0v) is 12.6. The Bertz CT molecular complexity index is 646. The van der Waals surface area contributed by atoms with Gasteiger partial charge in [0.15, 0.2) is 11.4 Å². The highest BCUT2D eigenvalue weighted by Crippen LogP contribution is 2.15. The van der Waals surface area contributed by atoms with E-state index in [1.807, 2.05) is 0 Å². The average Bonchev–Trinajstić information content (AvgIpc) is 2.85. The lowest BCUT2D eigenvalue weighted by Gasteiger charge is -2.02. The second-order valence-electron chi connectivity index (χ2n) is 4.84. The molecule has 5 nitrogen and oxygen atoms in total. The van der Waals surface area contributed by atoms with Gasteiger partial charge >= 0.3 is 5.76 Å². The van der Waals surface area contributed by atoms with E-state index in [2.05, 4.69) is 4.98 Å². The van der Waals surface area contributed by atoms with E-state index >= 15 is 0 Å². The van der Waals surface area contributed by atoms with Gasteiger partial charge in [-0.2, -0.15) is 11.8 Å². The minimum atomic E-state index is -0.508. The van der Waals surface area contributed by atoms with E-state index in [0.717, 1.165) is 31.4 Å². The molecule has 0 aliphatic carbocycles. The van der Waals surface area contributed by atoms with Crippen molar-refractivity contribution in [1.82, 2.24) is 4.98 Å². The number of rotatable bonds is 9. The third-order valence-electron chi connectivity index (χ3n) is 3.17. The predicted molar refractivity (Wildman–Crippen MR) is 84.0 cm³/mol. The summed E-state index contributed by atoms with van der Waals surface area (Å²) >= 11 is 1.61. The summed E-state index contributed by atoms with van der Waals surface area (Å²) in [6.45, 7) is 0.253. The van der Waals surface area contributed by atoms with Gasteiger partial charge in [-0.25, -0.2) is 4.79 Å². The number of ketones is 1. The molecular weight excluding hydrogens is 290 g/mol. The Kier molecular flexibility index (Phi) is 6.07. The van der Waals surface area contributed by atoms with Crippen LogP contribution in [0.15, 0.2) is 27.4 Å². The average molecular weight is 309 g/mol. The fourth-order valence-corrected chi connectivity index (χ4v) is 2.94. The van der Waals surface area contributed by atoms with Gasteiger partial charge in [-0.15, -0.1) is 0 Å². The number of carbonyl (C=O) groups is 1. The van der Waals surface area contributed by atoms with Gasteiger partial charge in [0.25, 0.3) is 0 Å². The number of fused-ring (bicyclic) bond motifs is 1. The highest BCUT2D eigenvalue weighted by Gasteiger charge is 2.09. The van der Waals surface area contributed by atoms with Crippen molar-refractivity contribution in [2.24, 2.45) is 0 Å². The molecule has 0 atom stereocenters. The maximum absolute atomic E-state index is 12.0. The molecule has 6 heteroatoms. The van der Waals surface area contributed by atoms with Gasteiger partial charge in [0, 0.05) is 12.2 Å². The number of benzene rings is 1. The van der Waals surface area contributed by atoms with Crippen molar-refractivity contribution >= 4 is 28.6 Å². The van der Waals surface area contributed by atoms with E-state index < -0.39 is 5.76 Å². The van der Waals surface area contributed by atoms with Gasteiger partial charge in [0.05, 0.1) is 11.3 Å². The summed E-state index contributed by atoms with van der Waals surface area (Å²) in [5.74, 6) is 0.909. The number of nitrogens with one attached hydrogen (secondary N) is 1. The van der Waals surface area contributed by atoms with Crippen molar-refractivity contribution in [3.05, 3.63) is 34.3 Å². The Labute approximate surface area is 126 Å². The van der Waals surface area contributed by atoms with Crippen molar-refractivity contribution in [1.29, 1.82) is 0 Å². The predicted octanol–water partition coefficient (Wildman–Crippen LogP) is 2.59. The molecule has 21 heavy (non-hydrogen) atoms. The number of unbranched alkanes of at least 4 members (excludes halogenated alkanes) is 3. The summed E-state index contributed by atoms with van der Waals surface area (Å²) < 4.78 is 4.95. The minimum Gasteiger partial charge on any atom is -0.408 e. The Morgan fingerprint density at radius 1 is 1.24 bits per heavy atom. The van der Waals surface area contributed by atoms with Crippen molar-refractivity contribution in [3.8, 4) is 0 Å². The van der Waals surface area contributed by atoms with Gasteiger partial charge in [-0.05, 0) is 36.8 Å². The number of thioether (sulfide) groups is 1. The van der Waals surface area contributed by atoms with Crippen LogP contribution in [0.5, 0.6) is 0 Å². The number of H-pyrrole nitrogens is 1. The molecule has 1 aromatic carbocycles. The third kappa shape index (κ3) is 4.75. The fraction of sp³-hybridized carbons (Fsp3) is 0.467. The first-order valence-corrected chi connectivity index (χ1v) is 8.21. The number of aromatic amines is 1. The molecule has 0 aliphatic heterocycles. The first-order chi connectivity index (χ1) is 10.2. The molecule has 2 N–H and O–H groups in total. The number of Topliss-reactive ketones (excluding diaryl/α,β-unsaturated/α-hetero) is 1. The first-order valence-electron chi connectivity index (χ1n) is 7.05. The summed E-state index contributed by atoms with van der Waals surface area (Å²) in [4.78, 5) is 25.7. The number of aromatic nitrogens is 1. The van der Waals surface area contributed by atoms with Gasteiger partial charge in [0.1, 0.15) is 0 Å². The smallest absolute Gasteiger partial charge is 0.408 e. The van der Waals surface area contributed by atoms with E-state index in [9.17, 15) is 9.59 Å². The number of hydrogen-bond acceptors (Lipinski definition) is 5. The van der Waals surface area contributed by atoms with E-state index in [1.54, 1.807) is 30.0 Å². The van der Waals surface area contributed by atoms with Crippen LogP contribution in [-0.4, -0.2) is 34.0 Å². The van der Waals surface area contributed by atoms with Gasteiger partial charge in [-0.3, -0.25) is 9.78 Å². The van der Waals surface area contributed by atoms with Crippen molar-refractivity contribution in [2.75, 3.05) is 18.1 Å². The van der Waals surface area contributed by atoms with Crippen LogP contribution >= 0.6 is 11.8 Å². The number of oxazole rings is 1. The molecule has 0 spiro atoms. The van der Waals surface area contributed by atoms with Crippen molar-refractivity contribution in [3.63, 3.8) is 0 Å². The number of carbonyl (C=O) groups excluding carboxylic acids is 1. The zero-order chi connectivity index (χ0) is 15.1. The summed E-state index contributed by atoms with van der Waals surface area (Å²) in [5, 5.41) is 8.67. The molecule has 0 amide bonds. The highest BCUT2D eigenvalue weighted by atomic mass is 32.2. The maximum Gasteiger partial charge on any atom is 0.417 e. The van der Waals surface area contributed by atoms with Crippen LogP contribution in [0.2, 0.25) is 0 Å². The number of hydrogen-bond donors (Lipinski definition) is 2. The van der Waals surface area contributed by atoms with E-state index in [0.29, 0.717) is 22.4 Å². The lowest BCUT2D eigenvalue weighted by molar-refractivity contribution is 0.102. The normalized spacial score (nSPS) is 11.1. The number of aliphatic hydroxyl groups excluding tert-OH is 1. The molecule has 0 aliphatic rings. The molecule has 0 saturated carbocycles. The first kappa shape index (κ1) is 15.9. The molecular formula is C15H19NO4S. The third-order valence-corrected chi connectivity index (χ3v) is 4.22. The SMILES string of the molecule is O=C(CSCCCCCCO)c1ccc2[nH]c(=O)oc2c1. The molecule has 0 bridgehead atoms. The lowest BCUT2D eigenvalue weighted by atomic mass is 10.1. The fourth-order valence-electron chi connectivity index (χ4n) is 2.04. The summed E-state index contributed by atoms with van der Waals surface area (Å²) in [7, 11) is 0. The highest BCUT2D eigenvalue weighted by molar-refractivity contribution is 7.99. The summed E-state index contributed by atoms with van der Waals surface area (Å²) in [6, 6.07) is 5.00. The van der Waals surface area contributed by atoms with Crippen LogP contribution in [0.1, 0.15) is 36.0 Å². The van der Waals surface area contributed by atoms with Crippen LogP contribution in [0, 0.1) is 0 Å². The van der Waals surface area contributed by atoms with Gasteiger partial charge in [0.2, 0.25) is 0 Å². The standard InChI is InChI=1S/C15H19NO4S/c17-7-3-1-2-4-8-21-10-13(18)11-5-6-12-14(9-11)20-15(19)16-12/h5-6,9,17H,1-4,7-8,10H2,(H,16,19). The van der Waals surface area contributed by atoms with Crippen molar-refractivity contribution in [2.45, 2.75) is 25.7 Å². The Morgan fingerprint density at radius 2 is 2.05 bits per heavy atom. The van der Waals surface area contributed by atoms with Gasteiger partial charge in [-0.1, -0.05) is 12.8 Å². The second kappa shape index (κ2) is 8.05. The van der Waals surface area contributed by atoms with Gasteiger partial charge < -0.3 is 9.52 Å². The van der Waals surface area contributed by atoms with E-state index in [4.69, 9.17) is 9.52 Å². The Balaban J connectivity index is 1.78. The summed E-state index contributed by atoms with van der Waals surface area (Å²) in [5.41, 5.74) is 1.59. The molecule has 1 aromatic heterocycles. The minimum absolute atomic E-state index is 0.0427. The Morgan fingerprint density at radius 3 is 2.86 bits per heavy atom. The Hall–Kier alpha value is -1.53. The lowest BCUT2D eigenvalue weighted by Crippen LogP contribution is -2.02. The quantitative estimate of drug-likeness (QED) is 0.549. The molecule has 2 aromatic rings. The molecule has 0 saturated heterocycles. The van der Waals surface area contributed by atoms with E-state index in [1.165, 1.54) is 0 Å². The van der Waals surface area contributed by atoms with E-state index in [-0.39, 0.29) is 12.4 Å². The molecule has 2 rings (SSSR count). The zero-order valence-electron chi connectivity index (χ0n) is 11.8. The summed E-state index contributed by atoms with van der Waals surface area (Å²) in [6.07, 6.45) is 4.03. The second-order valence-corrected chi connectivity index (χ2v) is 5.94. The maximum atomic E-state index is 12.0. The molecule has 0 unspecified atom stereocenters. The molecule has 114 valence electrons. The molecule has 0 fully saturated rings. The monoisotopic (exact) mass is 309 g/mol. The van der Waals surface area contributed by atoms with Crippen molar-refractivity contribution < 1.29 is 14.3 Å². The van der Waals surface area contributed by atoms with Crippen LogP contribution in [-0.2, 0) is 0 Å².